The van der Waals surface area contributed by atoms with Crippen LogP contribution >= 0.6 is 0 Å². The maximum atomic E-state index is 12.7. The number of benzene rings is 2. The maximum Gasteiger partial charge on any atom is 0.514 e. The highest BCUT2D eigenvalue weighted by molar-refractivity contribution is 5.64. The molecular formula is C26H30IO3+. The molecule has 0 heterocycles. The minimum absolute atomic E-state index is 0.130. The number of carbonyl (C=O) groups excluding carboxylic acids is 1. The second-order valence-corrected chi connectivity index (χ2v) is 13.0. The van der Waals surface area contributed by atoms with Gasteiger partial charge in [-0.05, 0) is 107 Å². The third-order valence-corrected chi connectivity index (χ3v) is 10.3. The summed E-state index contributed by atoms with van der Waals surface area (Å²) in [5, 5.41) is 0. The highest BCUT2D eigenvalue weighted by Gasteiger charge is 2.58. The van der Waals surface area contributed by atoms with Crippen molar-refractivity contribution < 1.29 is 35.5 Å². The van der Waals surface area contributed by atoms with E-state index in [4.69, 9.17) is 9.47 Å². The van der Waals surface area contributed by atoms with Gasteiger partial charge in [0, 0.05) is 5.41 Å². The molecule has 4 aliphatic rings. The fourth-order valence-corrected chi connectivity index (χ4v) is 8.66. The van der Waals surface area contributed by atoms with Crippen LogP contribution in [0.25, 0.3) is 0 Å². The molecular weight excluding hydrogens is 487 g/mol. The van der Waals surface area contributed by atoms with Crippen molar-refractivity contribution in [2.75, 3.05) is 0 Å². The average molecular weight is 517 g/mol. The molecule has 0 saturated heterocycles. The summed E-state index contributed by atoms with van der Waals surface area (Å²) in [6, 6.07) is 18.4. The van der Waals surface area contributed by atoms with Crippen LogP contribution < -0.4 is 25.9 Å². The van der Waals surface area contributed by atoms with Crippen molar-refractivity contribution in [2.45, 2.75) is 58.0 Å². The standard InChI is InChI=1S/C26H30IO3/c1-25(2,26-15-18-12-19(16-26)14-20(13-18)17-26)30-24(28)29-23-10-8-22(9-11-23)27-21-6-4-3-5-7-21/h3-11,18-20H,12-17H2,1-2H3/q+1. The van der Waals surface area contributed by atoms with Crippen LogP contribution in [0.3, 0.4) is 0 Å². The quantitative estimate of drug-likeness (QED) is 0.347. The fraction of sp³-hybridized carbons (Fsp3) is 0.500. The molecule has 2 aromatic carbocycles. The lowest BCUT2D eigenvalue weighted by Gasteiger charge is -2.61. The monoisotopic (exact) mass is 517 g/mol. The summed E-state index contributed by atoms with van der Waals surface area (Å²) in [7, 11) is 0. The van der Waals surface area contributed by atoms with E-state index < -0.39 is 11.8 Å². The first kappa shape index (κ1) is 20.3. The van der Waals surface area contributed by atoms with Crippen LogP contribution in [0, 0.1) is 30.3 Å². The Morgan fingerprint density at radius 2 is 1.40 bits per heavy atom. The Balaban J connectivity index is 1.21. The van der Waals surface area contributed by atoms with E-state index in [-0.39, 0.29) is 26.6 Å². The molecule has 4 saturated carbocycles. The van der Waals surface area contributed by atoms with Gasteiger partial charge in [-0.15, -0.1) is 0 Å². The third-order valence-electron chi connectivity index (χ3n) is 7.62. The van der Waals surface area contributed by atoms with Crippen molar-refractivity contribution in [1.29, 1.82) is 0 Å². The predicted molar refractivity (Wildman–Crippen MR) is 112 cm³/mol. The second kappa shape index (κ2) is 7.85. The van der Waals surface area contributed by atoms with Crippen LogP contribution in [0.5, 0.6) is 5.75 Å². The van der Waals surface area contributed by atoms with Crippen LogP contribution in [-0.2, 0) is 4.74 Å². The van der Waals surface area contributed by atoms with Gasteiger partial charge >= 0.3 is 27.4 Å². The van der Waals surface area contributed by atoms with Crippen LogP contribution in [0.15, 0.2) is 54.6 Å². The predicted octanol–water partition coefficient (Wildman–Crippen LogP) is 3.33. The summed E-state index contributed by atoms with van der Waals surface area (Å²) in [4.78, 5) is 12.7. The number of hydrogen-bond donors (Lipinski definition) is 0. The van der Waals surface area contributed by atoms with Gasteiger partial charge in [-0.25, -0.2) is 4.79 Å². The van der Waals surface area contributed by atoms with Gasteiger partial charge in [0.2, 0.25) is 0 Å². The summed E-state index contributed by atoms with van der Waals surface area (Å²) in [6.07, 6.45) is 7.21. The lowest BCUT2D eigenvalue weighted by Crippen LogP contribution is -3.61. The summed E-state index contributed by atoms with van der Waals surface area (Å²) >= 11 is -0.217. The SMILES string of the molecule is CC(C)(OC(=O)Oc1ccc([I+]c2ccccc2)cc1)C12CC3CC(CC(C3)C1)C2. The first-order chi connectivity index (χ1) is 14.4. The molecule has 158 valence electrons. The molecule has 0 N–H and O–H groups in total. The fourth-order valence-electron chi connectivity index (χ4n) is 6.45. The zero-order valence-electron chi connectivity index (χ0n) is 17.8. The molecule has 3 nitrogen and oxygen atoms in total. The first-order valence-electron chi connectivity index (χ1n) is 11.1. The Morgan fingerprint density at radius 3 is 1.97 bits per heavy atom. The van der Waals surface area contributed by atoms with Crippen molar-refractivity contribution in [2.24, 2.45) is 23.2 Å². The molecule has 4 fully saturated rings. The Hall–Kier alpha value is -1.56. The normalized spacial score (nSPS) is 29.6. The van der Waals surface area contributed by atoms with Gasteiger partial charge in [-0.3, -0.25) is 0 Å². The smallest absolute Gasteiger partial charge is 0.427 e. The van der Waals surface area contributed by atoms with E-state index in [2.05, 4.69) is 50.2 Å². The summed E-state index contributed by atoms with van der Waals surface area (Å²) in [6.45, 7) is 4.21. The lowest BCUT2D eigenvalue weighted by atomic mass is 9.46. The highest BCUT2D eigenvalue weighted by atomic mass is 127. The summed E-state index contributed by atoms with van der Waals surface area (Å²) < 4.78 is 14.2. The zero-order chi connectivity index (χ0) is 20.8. The third kappa shape index (κ3) is 4.00. The average Bonchev–Trinajstić information content (AvgIpc) is 2.69. The molecule has 30 heavy (non-hydrogen) atoms. The van der Waals surface area contributed by atoms with Gasteiger partial charge in [-0.2, -0.15) is 0 Å². The van der Waals surface area contributed by atoms with Crippen molar-refractivity contribution in [1.82, 2.24) is 0 Å². The van der Waals surface area contributed by atoms with E-state index in [0.29, 0.717) is 5.75 Å². The zero-order valence-corrected chi connectivity index (χ0v) is 19.9. The Kier molecular flexibility index (Phi) is 5.32. The molecule has 0 aliphatic heterocycles. The molecule has 4 bridgehead atoms. The Labute approximate surface area is 189 Å². The van der Waals surface area contributed by atoms with Gasteiger partial charge in [0.05, 0.1) is 0 Å². The number of ether oxygens (including phenoxy) is 2. The van der Waals surface area contributed by atoms with Crippen molar-refractivity contribution in [3.63, 3.8) is 0 Å². The largest absolute Gasteiger partial charge is 0.514 e. The van der Waals surface area contributed by atoms with Crippen molar-refractivity contribution in [3.05, 3.63) is 61.7 Å². The van der Waals surface area contributed by atoms with Crippen LogP contribution in [0.2, 0.25) is 0 Å². The van der Waals surface area contributed by atoms with E-state index in [1.807, 2.05) is 18.2 Å². The van der Waals surface area contributed by atoms with Crippen LogP contribution in [0.4, 0.5) is 4.79 Å². The van der Waals surface area contributed by atoms with Crippen molar-refractivity contribution >= 4 is 6.16 Å². The molecule has 6 rings (SSSR count). The van der Waals surface area contributed by atoms with Gasteiger partial charge in [0.25, 0.3) is 0 Å². The molecule has 2 aromatic rings. The Morgan fingerprint density at radius 1 is 0.867 bits per heavy atom. The molecule has 0 amide bonds. The maximum absolute atomic E-state index is 12.7. The van der Waals surface area contributed by atoms with Gasteiger partial charge in [-0.1, -0.05) is 18.2 Å². The van der Waals surface area contributed by atoms with E-state index in [1.54, 1.807) is 0 Å². The first-order valence-corrected chi connectivity index (χ1v) is 13.3. The molecule has 4 heteroatoms. The topological polar surface area (TPSA) is 35.5 Å². The van der Waals surface area contributed by atoms with E-state index in [9.17, 15) is 4.79 Å². The molecule has 0 radical (unpaired) electrons. The summed E-state index contributed by atoms with van der Waals surface area (Å²) in [5.41, 5.74) is -0.358. The van der Waals surface area contributed by atoms with E-state index in [1.165, 1.54) is 45.7 Å². The van der Waals surface area contributed by atoms with Gasteiger partial charge in [0.1, 0.15) is 11.4 Å². The van der Waals surface area contributed by atoms with E-state index in [0.717, 1.165) is 17.8 Å². The molecule has 0 aromatic heterocycles. The van der Waals surface area contributed by atoms with Gasteiger partial charge < -0.3 is 9.47 Å². The molecule has 4 aliphatic carbocycles. The summed E-state index contributed by atoms with van der Waals surface area (Å²) in [5.74, 6) is 3.05. The molecule has 0 spiro atoms. The van der Waals surface area contributed by atoms with Gasteiger partial charge in [0.15, 0.2) is 7.14 Å². The molecule has 0 unspecified atom stereocenters. The van der Waals surface area contributed by atoms with Crippen LogP contribution in [0.1, 0.15) is 52.4 Å². The highest BCUT2D eigenvalue weighted by Crippen LogP contribution is 2.64. The lowest BCUT2D eigenvalue weighted by molar-refractivity contribution is -0.597. The second-order valence-electron chi connectivity index (χ2n) is 10.0. The number of carbonyl (C=O) groups is 1. The van der Waals surface area contributed by atoms with Crippen LogP contribution in [-0.4, -0.2) is 11.8 Å². The van der Waals surface area contributed by atoms with Crippen molar-refractivity contribution in [3.8, 4) is 5.75 Å². The number of halogens is 1. The molecule has 0 atom stereocenters. The minimum Gasteiger partial charge on any atom is -0.427 e. The number of hydrogen-bond acceptors (Lipinski definition) is 3. The number of rotatable bonds is 5. The Bertz CT molecular complexity index is 868. The minimum atomic E-state index is -0.568. The van der Waals surface area contributed by atoms with E-state index >= 15 is 0 Å².